The van der Waals surface area contributed by atoms with Crippen molar-refractivity contribution in [1.82, 2.24) is 0 Å². The molecule has 0 spiro atoms. The first-order valence-electron chi connectivity index (χ1n) is 5.74. The van der Waals surface area contributed by atoms with Crippen molar-refractivity contribution in [2.75, 3.05) is 16.8 Å². The van der Waals surface area contributed by atoms with Crippen molar-refractivity contribution in [2.45, 2.75) is 25.1 Å². The van der Waals surface area contributed by atoms with Crippen LogP contribution < -0.4 is 5.32 Å². The monoisotopic (exact) mass is 277 g/mol. The molecule has 1 aromatic rings. The molecule has 1 heterocycles. The predicted octanol–water partition coefficient (Wildman–Crippen LogP) is 3.03. The maximum Gasteiger partial charge on any atom is 0.416 e. The van der Waals surface area contributed by atoms with Crippen LogP contribution in [-0.4, -0.2) is 21.8 Å². The van der Waals surface area contributed by atoms with Crippen molar-refractivity contribution in [3.05, 3.63) is 29.8 Å². The van der Waals surface area contributed by atoms with Crippen LogP contribution in [0.4, 0.5) is 18.9 Å². The quantitative estimate of drug-likeness (QED) is 0.900. The van der Waals surface area contributed by atoms with Crippen molar-refractivity contribution in [3.8, 4) is 0 Å². The maximum atomic E-state index is 12.4. The standard InChI is InChI=1S/C12H14F3NOS/c13-12(14,15)9-1-3-10(4-2-9)16-11-5-7-18(17)8-6-11/h1-4,11,16H,5-8H2. The predicted molar refractivity (Wildman–Crippen MR) is 66.0 cm³/mol. The third-order valence-corrected chi connectivity index (χ3v) is 4.35. The highest BCUT2D eigenvalue weighted by Crippen LogP contribution is 2.30. The summed E-state index contributed by atoms with van der Waals surface area (Å²) in [5.74, 6) is 1.33. The first-order valence-corrected chi connectivity index (χ1v) is 7.23. The van der Waals surface area contributed by atoms with Crippen LogP contribution in [0.1, 0.15) is 18.4 Å². The molecular weight excluding hydrogens is 263 g/mol. The Kier molecular flexibility index (Phi) is 3.94. The molecule has 0 amide bonds. The number of anilines is 1. The summed E-state index contributed by atoms with van der Waals surface area (Å²) in [6, 6.07) is 5.23. The van der Waals surface area contributed by atoms with Crippen LogP contribution in [0.2, 0.25) is 0 Å². The molecule has 2 nitrogen and oxygen atoms in total. The van der Waals surface area contributed by atoms with Crippen LogP contribution in [0.25, 0.3) is 0 Å². The van der Waals surface area contributed by atoms with Crippen molar-refractivity contribution in [2.24, 2.45) is 0 Å². The number of rotatable bonds is 2. The Labute approximate surface area is 106 Å². The molecule has 100 valence electrons. The normalized spacial score (nSPS) is 24.8. The van der Waals surface area contributed by atoms with Gasteiger partial charge in [-0.25, -0.2) is 0 Å². The molecule has 0 saturated carbocycles. The van der Waals surface area contributed by atoms with E-state index in [1.165, 1.54) is 12.1 Å². The van der Waals surface area contributed by atoms with Gasteiger partial charge in [-0.2, -0.15) is 13.2 Å². The van der Waals surface area contributed by atoms with Crippen molar-refractivity contribution >= 4 is 16.5 Å². The van der Waals surface area contributed by atoms with E-state index in [9.17, 15) is 17.4 Å². The fourth-order valence-corrected chi connectivity index (χ4v) is 3.23. The fourth-order valence-electron chi connectivity index (χ4n) is 1.93. The summed E-state index contributed by atoms with van der Waals surface area (Å²) in [6.07, 6.45) is -2.69. The van der Waals surface area contributed by atoms with Crippen LogP contribution in [0.3, 0.4) is 0 Å². The van der Waals surface area contributed by atoms with Gasteiger partial charge in [-0.05, 0) is 37.1 Å². The van der Waals surface area contributed by atoms with E-state index in [2.05, 4.69) is 5.32 Å². The highest BCUT2D eigenvalue weighted by molar-refractivity contribution is 7.85. The van der Waals surface area contributed by atoms with E-state index in [-0.39, 0.29) is 6.04 Å². The van der Waals surface area contributed by atoms with E-state index in [4.69, 9.17) is 0 Å². The van der Waals surface area contributed by atoms with E-state index < -0.39 is 22.5 Å². The smallest absolute Gasteiger partial charge is 0.382 e. The Hall–Kier alpha value is -1.04. The molecule has 0 bridgehead atoms. The molecular formula is C12H14F3NOS. The van der Waals surface area contributed by atoms with Crippen LogP contribution >= 0.6 is 0 Å². The summed E-state index contributed by atoms with van der Waals surface area (Å²) in [4.78, 5) is 0. The lowest BCUT2D eigenvalue weighted by atomic mass is 10.1. The molecule has 0 atom stereocenters. The highest BCUT2D eigenvalue weighted by Gasteiger charge is 2.30. The first kappa shape index (κ1) is 13.4. The zero-order valence-corrected chi connectivity index (χ0v) is 10.5. The Bertz CT molecular complexity index is 420. The van der Waals surface area contributed by atoms with Gasteiger partial charge in [0.1, 0.15) is 0 Å². The second-order valence-electron chi connectivity index (χ2n) is 4.34. The SMILES string of the molecule is O=S1CCC(Nc2ccc(C(F)(F)F)cc2)CC1. The lowest BCUT2D eigenvalue weighted by Crippen LogP contribution is -2.29. The van der Waals surface area contributed by atoms with Crippen molar-refractivity contribution in [1.29, 1.82) is 0 Å². The number of nitrogens with one attached hydrogen (secondary N) is 1. The molecule has 0 aliphatic carbocycles. The molecule has 0 radical (unpaired) electrons. The van der Waals surface area contributed by atoms with Gasteiger partial charge in [0.2, 0.25) is 0 Å². The third-order valence-electron chi connectivity index (χ3n) is 2.97. The average molecular weight is 277 g/mol. The van der Waals surface area contributed by atoms with Crippen LogP contribution in [0, 0.1) is 0 Å². The van der Waals surface area contributed by atoms with Gasteiger partial charge < -0.3 is 5.32 Å². The maximum absolute atomic E-state index is 12.4. The fraction of sp³-hybridized carbons (Fsp3) is 0.500. The lowest BCUT2D eigenvalue weighted by Gasteiger charge is -2.23. The van der Waals surface area contributed by atoms with E-state index in [0.717, 1.165) is 25.0 Å². The molecule has 1 aliphatic rings. The molecule has 0 aromatic heterocycles. The van der Waals surface area contributed by atoms with Gasteiger partial charge >= 0.3 is 6.18 Å². The third kappa shape index (κ3) is 3.48. The van der Waals surface area contributed by atoms with Gasteiger partial charge in [0.25, 0.3) is 0 Å². The first-order chi connectivity index (χ1) is 8.45. The Morgan fingerprint density at radius 1 is 1.11 bits per heavy atom. The summed E-state index contributed by atoms with van der Waals surface area (Å²) in [7, 11) is -0.723. The van der Waals surface area contributed by atoms with Gasteiger partial charge in [0, 0.05) is 34.0 Å². The Morgan fingerprint density at radius 3 is 2.17 bits per heavy atom. The Morgan fingerprint density at radius 2 is 1.67 bits per heavy atom. The second kappa shape index (κ2) is 5.30. The minimum absolute atomic E-state index is 0.208. The van der Waals surface area contributed by atoms with Crippen molar-refractivity contribution in [3.63, 3.8) is 0 Å². The number of halogens is 3. The van der Waals surface area contributed by atoms with Crippen LogP contribution in [0.15, 0.2) is 24.3 Å². The van der Waals surface area contributed by atoms with Gasteiger partial charge in [0.05, 0.1) is 5.56 Å². The molecule has 18 heavy (non-hydrogen) atoms. The zero-order valence-electron chi connectivity index (χ0n) is 9.67. The highest BCUT2D eigenvalue weighted by atomic mass is 32.2. The molecule has 0 unspecified atom stereocenters. The van der Waals surface area contributed by atoms with Crippen LogP contribution in [0.5, 0.6) is 0 Å². The molecule has 1 fully saturated rings. The molecule has 1 aromatic carbocycles. The average Bonchev–Trinajstić information content (AvgIpc) is 2.32. The van der Waals surface area contributed by atoms with E-state index >= 15 is 0 Å². The Balaban J connectivity index is 1.96. The molecule has 1 N–H and O–H groups in total. The van der Waals surface area contributed by atoms with Gasteiger partial charge in [0.15, 0.2) is 0 Å². The molecule has 1 saturated heterocycles. The summed E-state index contributed by atoms with van der Waals surface area (Å²) in [5.41, 5.74) is 0.0403. The number of alkyl halides is 3. The topological polar surface area (TPSA) is 29.1 Å². The molecule has 6 heteroatoms. The van der Waals surface area contributed by atoms with Crippen LogP contribution in [-0.2, 0) is 17.0 Å². The van der Waals surface area contributed by atoms with E-state index in [1.54, 1.807) is 0 Å². The van der Waals surface area contributed by atoms with E-state index in [0.29, 0.717) is 17.2 Å². The van der Waals surface area contributed by atoms with Crippen molar-refractivity contribution < 1.29 is 17.4 Å². The minimum Gasteiger partial charge on any atom is -0.382 e. The summed E-state index contributed by atoms with van der Waals surface area (Å²) in [6.45, 7) is 0. The minimum atomic E-state index is -4.29. The van der Waals surface area contributed by atoms with Gasteiger partial charge in [-0.1, -0.05) is 0 Å². The summed E-state index contributed by atoms with van der Waals surface area (Å²) >= 11 is 0. The number of hydrogen-bond acceptors (Lipinski definition) is 2. The van der Waals surface area contributed by atoms with Gasteiger partial charge in [-0.15, -0.1) is 0 Å². The number of benzene rings is 1. The summed E-state index contributed by atoms with van der Waals surface area (Å²) in [5, 5.41) is 3.18. The van der Waals surface area contributed by atoms with Gasteiger partial charge in [-0.3, -0.25) is 4.21 Å². The molecule has 1 aliphatic heterocycles. The summed E-state index contributed by atoms with van der Waals surface area (Å²) < 4.78 is 48.3. The second-order valence-corrected chi connectivity index (χ2v) is 6.04. The lowest BCUT2D eigenvalue weighted by molar-refractivity contribution is -0.137. The number of hydrogen-bond donors (Lipinski definition) is 1. The molecule has 2 rings (SSSR count). The largest absolute Gasteiger partial charge is 0.416 e. The van der Waals surface area contributed by atoms with E-state index in [1.807, 2.05) is 0 Å². The zero-order chi connectivity index (χ0) is 13.2.